The summed E-state index contributed by atoms with van der Waals surface area (Å²) in [6.45, 7) is 0. The average Bonchev–Trinajstić information content (AvgIpc) is 2.64. The number of nitro groups is 1. The molecule has 0 atom stereocenters. The van der Waals surface area contributed by atoms with Crippen molar-refractivity contribution in [1.82, 2.24) is 14.1 Å². The lowest BCUT2D eigenvalue weighted by Crippen LogP contribution is -2.37. The van der Waals surface area contributed by atoms with E-state index in [1.165, 1.54) is 25.8 Å². The van der Waals surface area contributed by atoms with Gasteiger partial charge in [-0.2, -0.15) is 0 Å². The fourth-order valence-corrected chi connectivity index (χ4v) is 2.53. The number of anilines is 2. The number of aryl methyl sites for hydroxylation is 1. The molecule has 0 spiro atoms. The van der Waals surface area contributed by atoms with Crippen LogP contribution >= 0.6 is 0 Å². The second-order valence-electron chi connectivity index (χ2n) is 5.54. The Morgan fingerprint density at radius 2 is 1.81 bits per heavy atom. The number of nitrogens with zero attached hydrogens (tertiary/aromatic N) is 4. The van der Waals surface area contributed by atoms with Gasteiger partial charge in [-0.25, -0.2) is 9.78 Å². The molecule has 0 saturated carbocycles. The molecular formula is C16H15N5O5. The number of ether oxygens (including phenoxy) is 1. The molecule has 0 aliphatic rings. The Morgan fingerprint density at radius 1 is 1.15 bits per heavy atom. The first-order valence-corrected chi connectivity index (χ1v) is 7.49. The van der Waals surface area contributed by atoms with E-state index in [0.717, 1.165) is 10.6 Å². The molecule has 0 fully saturated rings. The minimum absolute atomic E-state index is 0.0124. The maximum absolute atomic E-state index is 12.3. The fourth-order valence-electron chi connectivity index (χ4n) is 2.53. The summed E-state index contributed by atoms with van der Waals surface area (Å²) in [5.74, 6) is 0.554. The molecule has 2 aromatic heterocycles. The largest absolute Gasteiger partial charge is 0.497 e. The first-order valence-electron chi connectivity index (χ1n) is 7.49. The van der Waals surface area contributed by atoms with Gasteiger partial charge < -0.3 is 10.1 Å². The van der Waals surface area contributed by atoms with Gasteiger partial charge in [-0.1, -0.05) is 0 Å². The second kappa shape index (κ2) is 6.31. The normalized spacial score (nSPS) is 10.7. The van der Waals surface area contributed by atoms with Crippen LogP contribution in [0.3, 0.4) is 0 Å². The van der Waals surface area contributed by atoms with Gasteiger partial charge in [0, 0.05) is 25.8 Å². The van der Waals surface area contributed by atoms with Crippen molar-refractivity contribution in [3.8, 4) is 5.75 Å². The SMILES string of the molecule is COc1ccc(Nc2nc3c(cc2[N+](=O)[O-])c(=O)n(C)c(=O)n3C)cc1. The maximum Gasteiger partial charge on any atom is 0.332 e. The molecule has 2 heterocycles. The van der Waals surface area contributed by atoms with Crippen LogP contribution in [0.25, 0.3) is 11.0 Å². The van der Waals surface area contributed by atoms with E-state index >= 15 is 0 Å². The maximum atomic E-state index is 12.3. The lowest BCUT2D eigenvalue weighted by Gasteiger charge is -2.11. The first-order chi connectivity index (χ1) is 12.3. The van der Waals surface area contributed by atoms with E-state index in [1.54, 1.807) is 24.3 Å². The average molecular weight is 357 g/mol. The number of benzene rings is 1. The van der Waals surface area contributed by atoms with Gasteiger partial charge in [-0.3, -0.25) is 24.0 Å². The van der Waals surface area contributed by atoms with Crippen LogP contribution in [0.5, 0.6) is 5.75 Å². The predicted molar refractivity (Wildman–Crippen MR) is 95.2 cm³/mol. The van der Waals surface area contributed by atoms with Gasteiger partial charge in [0.2, 0.25) is 5.82 Å². The molecule has 0 aliphatic carbocycles. The summed E-state index contributed by atoms with van der Waals surface area (Å²) < 4.78 is 7.11. The minimum Gasteiger partial charge on any atom is -0.497 e. The summed E-state index contributed by atoms with van der Waals surface area (Å²) in [5, 5.41) is 14.3. The van der Waals surface area contributed by atoms with Crippen molar-refractivity contribution in [3.63, 3.8) is 0 Å². The van der Waals surface area contributed by atoms with E-state index in [4.69, 9.17) is 4.74 Å². The number of hydrogen-bond donors (Lipinski definition) is 1. The van der Waals surface area contributed by atoms with Crippen LogP contribution in [0.15, 0.2) is 39.9 Å². The van der Waals surface area contributed by atoms with Crippen LogP contribution < -0.4 is 21.3 Å². The van der Waals surface area contributed by atoms with E-state index in [1.807, 2.05) is 0 Å². The molecule has 1 N–H and O–H groups in total. The zero-order valence-electron chi connectivity index (χ0n) is 14.2. The molecule has 0 saturated heterocycles. The minimum atomic E-state index is -0.644. The molecule has 3 aromatic rings. The lowest BCUT2D eigenvalue weighted by molar-refractivity contribution is -0.384. The monoisotopic (exact) mass is 357 g/mol. The Balaban J connectivity index is 2.23. The highest BCUT2D eigenvalue weighted by Crippen LogP contribution is 2.28. The van der Waals surface area contributed by atoms with Gasteiger partial charge in [0.15, 0.2) is 5.65 Å². The van der Waals surface area contributed by atoms with Crippen LogP contribution in [0, 0.1) is 10.1 Å². The smallest absolute Gasteiger partial charge is 0.332 e. The molecule has 10 heteroatoms. The number of aromatic nitrogens is 3. The summed E-state index contributed by atoms with van der Waals surface area (Å²) in [6.07, 6.45) is 0. The highest BCUT2D eigenvalue weighted by molar-refractivity contribution is 5.82. The molecule has 0 bridgehead atoms. The summed E-state index contributed by atoms with van der Waals surface area (Å²) in [7, 11) is 4.28. The van der Waals surface area contributed by atoms with Crippen molar-refractivity contribution >= 4 is 28.2 Å². The topological polar surface area (TPSA) is 121 Å². The third kappa shape index (κ3) is 2.77. The molecule has 1 aromatic carbocycles. The van der Waals surface area contributed by atoms with Crippen molar-refractivity contribution in [3.05, 3.63) is 61.3 Å². The molecule has 26 heavy (non-hydrogen) atoms. The van der Waals surface area contributed by atoms with Gasteiger partial charge in [-0.05, 0) is 24.3 Å². The van der Waals surface area contributed by atoms with E-state index in [2.05, 4.69) is 10.3 Å². The Bertz CT molecular complexity index is 1130. The van der Waals surface area contributed by atoms with Crippen molar-refractivity contribution in [2.75, 3.05) is 12.4 Å². The lowest BCUT2D eigenvalue weighted by atomic mass is 10.2. The summed E-state index contributed by atoms with van der Waals surface area (Å²) in [6, 6.07) is 7.81. The van der Waals surface area contributed by atoms with E-state index < -0.39 is 16.2 Å². The standard InChI is InChI=1S/C16H15N5O5/c1-19-14-11(15(22)20(2)16(19)23)8-12(21(24)25)13(18-14)17-9-4-6-10(26-3)7-5-9/h4-8H,1-3H3,(H,17,18). The number of rotatable bonds is 4. The Hall–Kier alpha value is -3.69. The fraction of sp³-hybridized carbons (Fsp3) is 0.188. The molecule has 3 rings (SSSR count). The Morgan fingerprint density at radius 3 is 2.38 bits per heavy atom. The number of methoxy groups -OCH3 is 1. The zero-order valence-corrected chi connectivity index (χ0v) is 14.2. The molecule has 0 aliphatic heterocycles. The number of pyridine rings is 1. The Labute approximate surface area is 146 Å². The van der Waals surface area contributed by atoms with Gasteiger partial charge in [-0.15, -0.1) is 0 Å². The first kappa shape index (κ1) is 17.1. The van der Waals surface area contributed by atoms with Crippen molar-refractivity contribution in [1.29, 1.82) is 0 Å². The molecular weight excluding hydrogens is 342 g/mol. The van der Waals surface area contributed by atoms with Gasteiger partial charge in [0.1, 0.15) is 5.75 Å². The molecule has 0 amide bonds. The van der Waals surface area contributed by atoms with Crippen LogP contribution in [0.4, 0.5) is 17.2 Å². The highest BCUT2D eigenvalue weighted by Gasteiger charge is 2.21. The van der Waals surface area contributed by atoms with E-state index in [0.29, 0.717) is 11.4 Å². The molecule has 0 radical (unpaired) electrons. The molecule has 10 nitrogen and oxygen atoms in total. The Kier molecular flexibility index (Phi) is 4.16. The van der Waals surface area contributed by atoms with Crippen LogP contribution in [-0.4, -0.2) is 26.2 Å². The predicted octanol–water partition coefficient (Wildman–Crippen LogP) is 1.29. The quantitative estimate of drug-likeness (QED) is 0.551. The number of fused-ring (bicyclic) bond motifs is 1. The van der Waals surface area contributed by atoms with E-state index in [9.17, 15) is 19.7 Å². The molecule has 134 valence electrons. The van der Waals surface area contributed by atoms with Gasteiger partial charge >= 0.3 is 11.4 Å². The van der Waals surface area contributed by atoms with Gasteiger partial charge in [0.05, 0.1) is 17.4 Å². The summed E-state index contributed by atoms with van der Waals surface area (Å²) in [5.41, 5.74) is -0.993. The number of hydrogen-bond acceptors (Lipinski definition) is 7. The van der Waals surface area contributed by atoms with E-state index in [-0.39, 0.29) is 22.5 Å². The summed E-state index contributed by atoms with van der Waals surface area (Å²) in [4.78, 5) is 39.3. The van der Waals surface area contributed by atoms with Crippen LogP contribution in [-0.2, 0) is 14.1 Å². The van der Waals surface area contributed by atoms with Crippen LogP contribution in [0.2, 0.25) is 0 Å². The second-order valence-corrected chi connectivity index (χ2v) is 5.54. The third-order valence-electron chi connectivity index (χ3n) is 3.96. The molecule has 0 unspecified atom stereocenters. The van der Waals surface area contributed by atoms with Crippen molar-refractivity contribution in [2.24, 2.45) is 14.1 Å². The van der Waals surface area contributed by atoms with Crippen molar-refractivity contribution < 1.29 is 9.66 Å². The van der Waals surface area contributed by atoms with Crippen molar-refractivity contribution in [2.45, 2.75) is 0 Å². The van der Waals surface area contributed by atoms with Crippen LogP contribution in [0.1, 0.15) is 0 Å². The third-order valence-corrected chi connectivity index (χ3v) is 3.96. The summed E-state index contributed by atoms with van der Waals surface area (Å²) >= 11 is 0. The highest BCUT2D eigenvalue weighted by atomic mass is 16.6. The number of nitrogens with one attached hydrogen (secondary N) is 1. The zero-order chi connectivity index (χ0) is 19.0. The van der Waals surface area contributed by atoms with Gasteiger partial charge in [0.25, 0.3) is 5.56 Å².